The Morgan fingerprint density at radius 1 is 1.37 bits per heavy atom. The normalized spacial score (nSPS) is 22.0. The fourth-order valence-corrected chi connectivity index (χ4v) is 1.86. The molecule has 0 radical (unpaired) electrons. The van der Waals surface area contributed by atoms with Crippen LogP contribution in [-0.4, -0.2) is 39.6 Å². The molecular weight excluding hydrogens is 243 g/mol. The summed E-state index contributed by atoms with van der Waals surface area (Å²) < 4.78 is 13.7. The molecule has 1 saturated heterocycles. The summed E-state index contributed by atoms with van der Waals surface area (Å²) >= 11 is 0. The van der Waals surface area contributed by atoms with Gasteiger partial charge in [0.05, 0.1) is 17.8 Å². The standard InChI is InChI=1S/C13H21BN2O3/c1-12(2)13(3,4)19-14(18-12)10(9-17)8-11-15-6-7-16(11)5/h6-8,17H,9H2,1-5H3. The minimum atomic E-state index is -0.535. The first-order chi connectivity index (χ1) is 8.77. The molecule has 1 aliphatic rings. The lowest BCUT2D eigenvalue weighted by Crippen LogP contribution is -2.41. The zero-order valence-corrected chi connectivity index (χ0v) is 12.2. The van der Waals surface area contributed by atoms with Crippen molar-refractivity contribution in [1.29, 1.82) is 0 Å². The Bertz CT molecular complexity index is 478. The van der Waals surface area contributed by atoms with Gasteiger partial charge in [0.2, 0.25) is 0 Å². The minimum absolute atomic E-state index is 0.121. The fourth-order valence-electron chi connectivity index (χ4n) is 1.86. The zero-order valence-electron chi connectivity index (χ0n) is 12.2. The largest absolute Gasteiger partial charge is 0.493 e. The second-order valence-corrected chi connectivity index (χ2v) is 5.86. The van der Waals surface area contributed by atoms with Gasteiger partial charge in [-0.15, -0.1) is 0 Å². The number of hydrogen-bond acceptors (Lipinski definition) is 4. The predicted octanol–water partition coefficient (Wildman–Crippen LogP) is 1.43. The Kier molecular flexibility index (Phi) is 3.60. The van der Waals surface area contributed by atoms with E-state index in [0.29, 0.717) is 5.47 Å². The minimum Gasteiger partial charge on any atom is -0.400 e. The summed E-state index contributed by atoms with van der Waals surface area (Å²) in [5.74, 6) is 0.763. The van der Waals surface area contributed by atoms with Gasteiger partial charge in [-0.1, -0.05) is 0 Å². The van der Waals surface area contributed by atoms with E-state index in [1.165, 1.54) is 0 Å². The third-order valence-electron chi connectivity index (χ3n) is 3.91. The molecule has 1 aromatic rings. The first-order valence-corrected chi connectivity index (χ1v) is 6.41. The van der Waals surface area contributed by atoms with Crippen molar-refractivity contribution in [2.45, 2.75) is 38.9 Å². The lowest BCUT2D eigenvalue weighted by atomic mass is 9.78. The quantitative estimate of drug-likeness (QED) is 0.839. The third-order valence-corrected chi connectivity index (χ3v) is 3.91. The molecule has 1 N–H and O–H groups in total. The van der Waals surface area contributed by atoms with Gasteiger partial charge in [-0.3, -0.25) is 0 Å². The maximum Gasteiger partial charge on any atom is 0.493 e. The van der Waals surface area contributed by atoms with E-state index in [1.54, 1.807) is 6.20 Å². The van der Waals surface area contributed by atoms with Gasteiger partial charge in [-0.2, -0.15) is 0 Å². The van der Waals surface area contributed by atoms with Crippen LogP contribution >= 0.6 is 0 Å². The monoisotopic (exact) mass is 264 g/mol. The first-order valence-electron chi connectivity index (χ1n) is 6.41. The summed E-state index contributed by atoms with van der Waals surface area (Å²) in [6, 6.07) is 0. The molecule has 0 aromatic carbocycles. The summed E-state index contributed by atoms with van der Waals surface area (Å²) in [4.78, 5) is 4.21. The molecule has 0 bridgehead atoms. The van der Waals surface area contributed by atoms with Crippen LogP contribution in [0.2, 0.25) is 0 Å². The summed E-state index contributed by atoms with van der Waals surface area (Å²) in [6.45, 7) is 7.83. The molecule has 0 aliphatic carbocycles. The second kappa shape index (κ2) is 4.78. The van der Waals surface area contributed by atoms with E-state index in [2.05, 4.69) is 4.98 Å². The molecule has 19 heavy (non-hydrogen) atoms. The van der Waals surface area contributed by atoms with Gasteiger partial charge < -0.3 is 19.0 Å². The van der Waals surface area contributed by atoms with Crippen molar-refractivity contribution in [2.24, 2.45) is 7.05 Å². The third kappa shape index (κ3) is 2.61. The van der Waals surface area contributed by atoms with Crippen molar-refractivity contribution in [3.63, 3.8) is 0 Å². The van der Waals surface area contributed by atoms with E-state index in [4.69, 9.17) is 9.31 Å². The van der Waals surface area contributed by atoms with Crippen LogP contribution in [0.1, 0.15) is 33.5 Å². The van der Waals surface area contributed by atoms with Gasteiger partial charge in [0.25, 0.3) is 0 Å². The number of imidazole rings is 1. The molecule has 5 nitrogen and oxygen atoms in total. The molecular formula is C13H21BN2O3. The average molecular weight is 264 g/mol. The lowest BCUT2D eigenvalue weighted by Gasteiger charge is -2.32. The number of aliphatic hydroxyl groups is 1. The highest BCUT2D eigenvalue weighted by Gasteiger charge is 2.52. The SMILES string of the molecule is Cn1ccnc1C=C(CO)B1OC(C)(C)C(C)(C)O1. The first kappa shape index (κ1) is 14.3. The molecule has 1 fully saturated rings. The van der Waals surface area contributed by atoms with Crippen molar-refractivity contribution in [2.75, 3.05) is 6.61 Å². The van der Waals surface area contributed by atoms with Gasteiger partial charge in [-0.05, 0) is 39.2 Å². The van der Waals surface area contributed by atoms with Gasteiger partial charge in [0.15, 0.2) is 0 Å². The molecule has 0 saturated carbocycles. The Hall–Kier alpha value is -1.11. The number of hydrogen-bond donors (Lipinski definition) is 1. The summed E-state index contributed by atoms with van der Waals surface area (Å²) in [7, 11) is 1.37. The highest BCUT2D eigenvalue weighted by molar-refractivity contribution is 6.55. The molecule has 2 heterocycles. The van der Waals surface area contributed by atoms with Gasteiger partial charge >= 0.3 is 7.12 Å². The number of rotatable bonds is 3. The predicted molar refractivity (Wildman–Crippen MR) is 74.4 cm³/mol. The van der Waals surface area contributed by atoms with Crippen LogP contribution < -0.4 is 0 Å². The highest BCUT2D eigenvalue weighted by atomic mass is 16.7. The van der Waals surface area contributed by atoms with E-state index < -0.39 is 18.3 Å². The van der Waals surface area contributed by atoms with Crippen LogP contribution in [0, 0.1) is 0 Å². The maximum atomic E-state index is 9.55. The van der Waals surface area contributed by atoms with Crippen LogP contribution in [-0.2, 0) is 16.4 Å². The van der Waals surface area contributed by atoms with E-state index >= 15 is 0 Å². The smallest absolute Gasteiger partial charge is 0.400 e. The van der Waals surface area contributed by atoms with Gasteiger partial charge in [0, 0.05) is 19.4 Å². The fraction of sp³-hybridized carbons (Fsp3) is 0.615. The van der Waals surface area contributed by atoms with E-state index in [9.17, 15) is 5.11 Å². The lowest BCUT2D eigenvalue weighted by molar-refractivity contribution is 0.00578. The molecule has 104 valence electrons. The molecule has 1 aliphatic heterocycles. The number of nitrogens with zero attached hydrogens (tertiary/aromatic N) is 2. The van der Waals surface area contributed by atoms with Gasteiger partial charge in [-0.25, -0.2) is 4.98 Å². The van der Waals surface area contributed by atoms with Crippen molar-refractivity contribution in [3.05, 3.63) is 23.7 Å². The van der Waals surface area contributed by atoms with Crippen LogP contribution in [0.4, 0.5) is 0 Å². The van der Waals surface area contributed by atoms with E-state index in [-0.39, 0.29) is 6.61 Å². The van der Waals surface area contributed by atoms with E-state index in [0.717, 1.165) is 5.82 Å². The molecule has 0 amide bonds. The second-order valence-electron chi connectivity index (χ2n) is 5.86. The number of aryl methyl sites for hydroxylation is 1. The topological polar surface area (TPSA) is 56.5 Å². The zero-order chi connectivity index (χ0) is 14.3. The van der Waals surface area contributed by atoms with Crippen molar-refractivity contribution in [1.82, 2.24) is 9.55 Å². The van der Waals surface area contributed by atoms with Crippen molar-refractivity contribution in [3.8, 4) is 0 Å². The molecule has 0 atom stereocenters. The molecule has 6 heteroatoms. The van der Waals surface area contributed by atoms with Crippen LogP contribution in [0.5, 0.6) is 0 Å². The van der Waals surface area contributed by atoms with E-state index in [1.807, 2.05) is 51.6 Å². The summed E-state index contributed by atoms with van der Waals surface area (Å²) in [6.07, 6.45) is 5.37. The van der Waals surface area contributed by atoms with Crippen molar-refractivity contribution < 1.29 is 14.4 Å². The Morgan fingerprint density at radius 3 is 2.37 bits per heavy atom. The molecule has 1 aromatic heterocycles. The van der Waals surface area contributed by atoms with Gasteiger partial charge in [0.1, 0.15) is 5.82 Å². The van der Waals surface area contributed by atoms with Crippen LogP contribution in [0.25, 0.3) is 6.08 Å². The Labute approximate surface area is 114 Å². The molecule has 0 spiro atoms. The van der Waals surface area contributed by atoms with Crippen LogP contribution in [0.3, 0.4) is 0 Å². The van der Waals surface area contributed by atoms with Crippen LogP contribution in [0.15, 0.2) is 17.9 Å². The number of aromatic nitrogens is 2. The highest BCUT2D eigenvalue weighted by Crippen LogP contribution is 2.38. The Balaban J connectivity index is 2.26. The Morgan fingerprint density at radius 2 is 1.95 bits per heavy atom. The molecule has 0 unspecified atom stereocenters. The summed E-state index contributed by atoms with van der Waals surface area (Å²) in [5.41, 5.74) is -0.144. The van der Waals surface area contributed by atoms with Crippen molar-refractivity contribution >= 4 is 13.2 Å². The summed E-state index contributed by atoms with van der Waals surface area (Å²) in [5, 5.41) is 9.55. The number of aliphatic hydroxyl groups excluding tert-OH is 1. The molecule has 2 rings (SSSR count). The maximum absolute atomic E-state index is 9.55. The average Bonchev–Trinajstić information content (AvgIpc) is 2.78.